The van der Waals surface area contributed by atoms with E-state index >= 15 is 0 Å². The molecule has 1 aliphatic rings. The largest absolute Gasteiger partial charge is 0.445 e. The summed E-state index contributed by atoms with van der Waals surface area (Å²) in [6.07, 6.45) is 0.515. The lowest BCUT2D eigenvalue weighted by molar-refractivity contribution is -0.384. The molecule has 24 heavy (non-hydrogen) atoms. The number of non-ortho nitro benzene ring substituents is 1. The molecule has 1 aromatic carbocycles. The summed E-state index contributed by atoms with van der Waals surface area (Å²) in [5.41, 5.74) is 0.672. The number of carbonyl (C=O) groups is 1. The summed E-state index contributed by atoms with van der Waals surface area (Å²) in [4.78, 5) is 23.7. The van der Waals surface area contributed by atoms with Crippen molar-refractivity contribution in [1.82, 2.24) is 10.2 Å². The molecule has 0 radical (unpaired) electrons. The second kappa shape index (κ2) is 10.1. The first-order valence-electron chi connectivity index (χ1n) is 7.56. The van der Waals surface area contributed by atoms with Crippen LogP contribution in [0.3, 0.4) is 0 Å². The van der Waals surface area contributed by atoms with Crippen LogP contribution in [0.15, 0.2) is 24.3 Å². The highest BCUT2D eigenvalue weighted by Gasteiger charge is 2.22. The molecule has 1 saturated heterocycles. The Morgan fingerprint density at radius 1 is 1.42 bits per heavy atom. The fourth-order valence-corrected chi connectivity index (χ4v) is 2.51. The lowest BCUT2D eigenvalue weighted by Gasteiger charge is -2.24. The van der Waals surface area contributed by atoms with Gasteiger partial charge in [-0.3, -0.25) is 10.1 Å². The third kappa shape index (κ3) is 5.95. The molecule has 9 heteroatoms. The van der Waals surface area contributed by atoms with Gasteiger partial charge in [-0.1, -0.05) is 0 Å². The second-order valence-corrected chi connectivity index (χ2v) is 5.51. The number of aliphatic hydroxyl groups excluding tert-OH is 1. The summed E-state index contributed by atoms with van der Waals surface area (Å²) in [5, 5.41) is 22.9. The number of nitro benzene ring substituents is 1. The van der Waals surface area contributed by atoms with Crippen LogP contribution in [-0.2, 0) is 11.3 Å². The maximum absolute atomic E-state index is 12.1. The third-order valence-electron chi connectivity index (χ3n) is 3.78. The molecule has 1 aliphatic heterocycles. The molecule has 1 fully saturated rings. The molecule has 2 N–H and O–H groups in total. The highest BCUT2D eigenvalue weighted by molar-refractivity contribution is 5.85. The molecule has 1 atom stereocenters. The van der Waals surface area contributed by atoms with Crippen molar-refractivity contribution in [3.8, 4) is 0 Å². The number of benzene rings is 1. The van der Waals surface area contributed by atoms with Crippen molar-refractivity contribution in [2.24, 2.45) is 5.92 Å². The van der Waals surface area contributed by atoms with Gasteiger partial charge in [0, 0.05) is 25.2 Å². The second-order valence-electron chi connectivity index (χ2n) is 5.51. The Labute approximate surface area is 146 Å². The van der Waals surface area contributed by atoms with Gasteiger partial charge in [-0.25, -0.2) is 4.79 Å². The van der Waals surface area contributed by atoms with Crippen LogP contribution < -0.4 is 5.32 Å². The van der Waals surface area contributed by atoms with E-state index in [-0.39, 0.29) is 37.9 Å². The summed E-state index contributed by atoms with van der Waals surface area (Å²) in [6.45, 7) is 2.50. The molecule has 0 bridgehead atoms. The van der Waals surface area contributed by atoms with Crippen LogP contribution in [0.2, 0.25) is 0 Å². The van der Waals surface area contributed by atoms with Crippen LogP contribution >= 0.6 is 12.4 Å². The molecule has 0 aromatic heterocycles. The smallest absolute Gasteiger partial charge is 0.410 e. The molecule has 134 valence electrons. The van der Waals surface area contributed by atoms with Gasteiger partial charge < -0.3 is 20.1 Å². The number of ether oxygens (including phenoxy) is 1. The summed E-state index contributed by atoms with van der Waals surface area (Å²) in [6, 6.07) is 5.86. The number of carbonyl (C=O) groups excluding carboxylic acids is 1. The van der Waals surface area contributed by atoms with Crippen molar-refractivity contribution in [1.29, 1.82) is 0 Å². The SMILES string of the molecule is Cl.O=C(OCc1ccc([N+](=O)[O-])cc1)N(CCO)C[C@H]1CCNC1. The monoisotopic (exact) mass is 359 g/mol. The Kier molecular flexibility index (Phi) is 8.45. The van der Waals surface area contributed by atoms with E-state index in [1.54, 1.807) is 12.1 Å². The number of aliphatic hydroxyl groups is 1. The summed E-state index contributed by atoms with van der Waals surface area (Å²) < 4.78 is 5.24. The molecular formula is C15H22ClN3O5. The fraction of sp³-hybridized carbons (Fsp3) is 0.533. The maximum atomic E-state index is 12.1. The molecule has 1 heterocycles. The number of nitro groups is 1. The van der Waals surface area contributed by atoms with E-state index in [1.165, 1.54) is 17.0 Å². The first-order chi connectivity index (χ1) is 11.1. The number of hydrogen-bond donors (Lipinski definition) is 2. The molecule has 0 unspecified atom stereocenters. The number of hydrogen-bond acceptors (Lipinski definition) is 6. The van der Waals surface area contributed by atoms with Gasteiger partial charge in [0.15, 0.2) is 0 Å². The molecule has 0 aliphatic carbocycles. The minimum absolute atomic E-state index is 0. The van der Waals surface area contributed by atoms with Crippen molar-refractivity contribution in [2.75, 3.05) is 32.8 Å². The van der Waals surface area contributed by atoms with Gasteiger partial charge in [-0.05, 0) is 43.1 Å². The van der Waals surface area contributed by atoms with Gasteiger partial charge in [0.2, 0.25) is 0 Å². The molecule has 8 nitrogen and oxygen atoms in total. The molecule has 0 saturated carbocycles. The third-order valence-corrected chi connectivity index (χ3v) is 3.78. The fourth-order valence-electron chi connectivity index (χ4n) is 2.51. The molecule has 0 spiro atoms. The Morgan fingerprint density at radius 3 is 2.67 bits per heavy atom. The van der Waals surface area contributed by atoms with Gasteiger partial charge in [-0.2, -0.15) is 0 Å². The first kappa shape index (κ1) is 20.1. The van der Waals surface area contributed by atoms with Gasteiger partial charge in [0.25, 0.3) is 5.69 Å². The Morgan fingerprint density at radius 2 is 2.12 bits per heavy atom. The van der Waals surface area contributed by atoms with E-state index in [0.717, 1.165) is 19.5 Å². The van der Waals surface area contributed by atoms with Crippen LogP contribution in [-0.4, -0.2) is 53.8 Å². The summed E-state index contributed by atoms with van der Waals surface area (Å²) >= 11 is 0. The topological polar surface area (TPSA) is 105 Å². The lowest BCUT2D eigenvalue weighted by Crippen LogP contribution is -2.38. The van der Waals surface area contributed by atoms with E-state index in [1.807, 2.05) is 0 Å². The summed E-state index contributed by atoms with van der Waals surface area (Å²) in [7, 11) is 0. The minimum atomic E-state index is -0.482. The summed E-state index contributed by atoms with van der Waals surface area (Å²) in [5.74, 6) is 0.369. The number of nitrogens with zero attached hydrogens (tertiary/aromatic N) is 2. The molecule has 2 rings (SSSR count). The zero-order valence-electron chi connectivity index (χ0n) is 13.2. The Bertz CT molecular complexity index is 534. The molecular weight excluding hydrogens is 338 g/mol. The number of halogens is 1. The van der Waals surface area contributed by atoms with E-state index < -0.39 is 11.0 Å². The van der Waals surface area contributed by atoms with Crippen molar-refractivity contribution >= 4 is 24.2 Å². The van der Waals surface area contributed by atoms with Crippen LogP contribution in [0.25, 0.3) is 0 Å². The quantitative estimate of drug-likeness (QED) is 0.565. The number of nitrogens with one attached hydrogen (secondary N) is 1. The van der Waals surface area contributed by atoms with Gasteiger partial charge in [0.05, 0.1) is 11.5 Å². The molecule has 1 aromatic rings. The highest BCUT2D eigenvalue weighted by Crippen LogP contribution is 2.14. The standard InChI is InChI=1S/C15H21N3O5.ClH/c19-8-7-17(10-13-5-6-16-9-13)15(20)23-11-12-1-3-14(4-2-12)18(21)22;/h1-4,13,16,19H,5-11H2;1H/t13-;/m0./s1. The van der Waals surface area contributed by atoms with Gasteiger partial charge in [-0.15, -0.1) is 12.4 Å². The van der Waals surface area contributed by atoms with Gasteiger partial charge in [0.1, 0.15) is 6.61 Å². The van der Waals surface area contributed by atoms with E-state index in [9.17, 15) is 14.9 Å². The Balaban J connectivity index is 0.00000288. The highest BCUT2D eigenvalue weighted by atomic mass is 35.5. The maximum Gasteiger partial charge on any atom is 0.410 e. The number of amides is 1. The average molecular weight is 360 g/mol. The van der Waals surface area contributed by atoms with E-state index in [4.69, 9.17) is 9.84 Å². The zero-order valence-corrected chi connectivity index (χ0v) is 14.0. The average Bonchev–Trinajstić information content (AvgIpc) is 3.05. The number of rotatable bonds is 7. The van der Waals surface area contributed by atoms with Crippen LogP contribution in [0.4, 0.5) is 10.5 Å². The van der Waals surface area contributed by atoms with Crippen LogP contribution in [0, 0.1) is 16.0 Å². The van der Waals surface area contributed by atoms with Crippen molar-refractivity contribution in [3.63, 3.8) is 0 Å². The zero-order chi connectivity index (χ0) is 16.7. The normalized spacial score (nSPS) is 16.3. The first-order valence-corrected chi connectivity index (χ1v) is 7.56. The lowest BCUT2D eigenvalue weighted by atomic mass is 10.1. The minimum Gasteiger partial charge on any atom is -0.445 e. The van der Waals surface area contributed by atoms with Crippen molar-refractivity contribution < 1.29 is 19.6 Å². The molecule has 1 amide bonds. The van der Waals surface area contributed by atoms with E-state index in [0.29, 0.717) is 18.0 Å². The van der Waals surface area contributed by atoms with Crippen LogP contribution in [0.1, 0.15) is 12.0 Å². The van der Waals surface area contributed by atoms with Crippen molar-refractivity contribution in [2.45, 2.75) is 13.0 Å². The van der Waals surface area contributed by atoms with Gasteiger partial charge >= 0.3 is 6.09 Å². The van der Waals surface area contributed by atoms with Crippen LogP contribution in [0.5, 0.6) is 0 Å². The Hall–Kier alpha value is -1.90. The van der Waals surface area contributed by atoms with Crippen molar-refractivity contribution in [3.05, 3.63) is 39.9 Å². The predicted octanol–water partition coefficient (Wildman–Crippen LogP) is 1.56. The van der Waals surface area contributed by atoms with E-state index in [2.05, 4.69) is 5.32 Å². The predicted molar refractivity (Wildman–Crippen MR) is 90.2 cm³/mol.